The molecule has 0 saturated carbocycles. The molecule has 0 aromatic heterocycles. The predicted octanol–water partition coefficient (Wildman–Crippen LogP) is 2.66. The second-order valence-electron chi connectivity index (χ2n) is 8.46. The third-order valence-corrected chi connectivity index (χ3v) is 6.62. The number of nitrogens with zero attached hydrogens (tertiary/aromatic N) is 1. The van der Waals surface area contributed by atoms with Gasteiger partial charge in [-0.15, -0.1) is 0 Å². The summed E-state index contributed by atoms with van der Waals surface area (Å²) in [5.74, 6) is -0.307. The Morgan fingerprint density at radius 2 is 1.77 bits per heavy atom. The average molecular weight is 403 g/mol. The van der Waals surface area contributed by atoms with Crippen molar-refractivity contribution in [2.45, 2.75) is 50.2 Å². The van der Waals surface area contributed by atoms with Crippen LogP contribution in [0.2, 0.25) is 0 Å². The predicted molar refractivity (Wildman–Crippen MR) is 112 cm³/mol. The van der Waals surface area contributed by atoms with Crippen LogP contribution in [0.25, 0.3) is 0 Å². The molecule has 3 atom stereocenters. The van der Waals surface area contributed by atoms with Gasteiger partial charge in [0.2, 0.25) is 11.8 Å². The molecule has 3 aliphatic heterocycles. The fourth-order valence-electron chi connectivity index (χ4n) is 5.01. The molecule has 2 aromatic carbocycles. The molecule has 154 valence electrons. The van der Waals surface area contributed by atoms with E-state index in [-0.39, 0.29) is 24.1 Å². The third kappa shape index (κ3) is 3.41. The van der Waals surface area contributed by atoms with E-state index in [4.69, 9.17) is 0 Å². The number of nitrogens with one attached hydrogen (secondary N) is 2. The van der Waals surface area contributed by atoms with Gasteiger partial charge in [0.15, 0.2) is 0 Å². The molecular weight excluding hydrogens is 378 g/mol. The van der Waals surface area contributed by atoms with Crippen LogP contribution in [0.5, 0.6) is 0 Å². The zero-order valence-electron chi connectivity index (χ0n) is 16.8. The Labute approximate surface area is 175 Å². The van der Waals surface area contributed by atoms with Crippen LogP contribution in [0.4, 0.5) is 0 Å². The van der Waals surface area contributed by atoms with Crippen LogP contribution >= 0.6 is 0 Å². The molecule has 2 aromatic rings. The van der Waals surface area contributed by atoms with E-state index in [0.29, 0.717) is 30.5 Å². The first-order valence-corrected chi connectivity index (χ1v) is 10.7. The summed E-state index contributed by atoms with van der Waals surface area (Å²) in [6.45, 7) is 1.39. The number of carbonyl (C=O) groups is 3. The van der Waals surface area contributed by atoms with E-state index in [1.165, 1.54) is 11.1 Å². The van der Waals surface area contributed by atoms with Gasteiger partial charge in [-0.25, -0.2) is 0 Å². The molecule has 6 heteroatoms. The third-order valence-electron chi connectivity index (χ3n) is 6.62. The molecule has 2 N–H and O–H groups in total. The van der Waals surface area contributed by atoms with Crippen molar-refractivity contribution in [3.05, 3.63) is 70.8 Å². The fraction of sp³-hybridized carbons (Fsp3) is 0.375. The minimum absolute atomic E-state index is 0.112. The summed E-state index contributed by atoms with van der Waals surface area (Å²) >= 11 is 0. The van der Waals surface area contributed by atoms with Gasteiger partial charge in [0.05, 0.1) is 0 Å². The van der Waals surface area contributed by atoms with E-state index in [1.807, 2.05) is 12.1 Å². The molecule has 30 heavy (non-hydrogen) atoms. The monoisotopic (exact) mass is 403 g/mol. The van der Waals surface area contributed by atoms with Gasteiger partial charge in [-0.05, 0) is 54.5 Å². The number of carbonyl (C=O) groups excluding carboxylic acids is 3. The molecule has 2 fully saturated rings. The van der Waals surface area contributed by atoms with E-state index < -0.39 is 6.04 Å². The fourth-order valence-corrected chi connectivity index (χ4v) is 5.01. The number of piperidine rings is 2. The quantitative estimate of drug-likeness (QED) is 0.773. The molecule has 6 nitrogen and oxygen atoms in total. The Kier molecular flexibility index (Phi) is 4.87. The molecule has 0 bridgehead atoms. The van der Waals surface area contributed by atoms with E-state index in [2.05, 4.69) is 47.0 Å². The van der Waals surface area contributed by atoms with Crippen LogP contribution in [-0.4, -0.2) is 35.2 Å². The topological polar surface area (TPSA) is 78.5 Å². The molecule has 0 aliphatic carbocycles. The maximum atomic E-state index is 12.9. The highest BCUT2D eigenvalue weighted by atomic mass is 16.2. The molecule has 5 rings (SSSR count). The average Bonchev–Trinajstić information content (AvgIpc) is 3.10. The Morgan fingerprint density at radius 1 is 0.933 bits per heavy atom. The van der Waals surface area contributed by atoms with Gasteiger partial charge >= 0.3 is 0 Å². The normalized spacial score (nSPS) is 26.5. The first kappa shape index (κ1) is 19.0. The Hall–Kier alpha value is -2.99. The molecule has 3 unspecified atom stereocenters. The minimum atomic E-state index is -0.563. The Bertz CT molecular complexity index is 1000. The molecular formula is C24H25N3O3. The van der Waals surface area contributed by atoms with Crippen molar-refractivity contribution in [1.82, 2.24) is 15.5 Å². The minimum Gasteiger partial charge on any atom is -0.322 e. The van der Waals surface area contributed by atoms with E-state index in [0.717, 1.165) is 24.9 Å². The number of hydrogen-bond acceptors (Lipinski definition) is 4. The Morgan fingerprint density at radius 3 is 2.57 bits per heavy atom. The standard InChI is InChI=1S/C24H25N3O3/c28-22-9-8-21(23(29)26-22)27-14-18-12-16(6-7-19(18)24(27)30)17-10-11-25-20(13-17)15-4-2-1-3-5-15/h1-7,12,17,20-21,25H,8-11,13-14H2,(H,26,28,29). The van der Waals surface area contributed by atoms with Gasteiger partial charge in [0.25, 0.3) is 5.91 Å². The molecule has 0 radical (unpaired) electrons. The molecule has 2 saturated heterocycles. The number of benzene rings is 2. The number of fused-ring (bicyclic) bond motifs is 1. The van der Waals surface area contributed by atoms with Crippen molar-refractivity contribution in [3.8, 4) is 0 Å². The highest BCUT2D eigenvalue weighted by molar-refractivity contribution is 6.05. The number of amides is 3. The van der Waals surface area contributed by atoms with Crippen molar-refractivity contribution in [2.24, 2.45) is 0 Å². The Balaban J connectivity index is 1.34. The smallest absolute Gasteiger partial charge is 0.255 e. The summed E-state index contributed by atoms with van der Waals surface area (Å²) < 4.78 is 0. The first-order valence-electron chi connectivity index (χ1n) is 10.7. The molecule has 0 spiro atoms. The van der Waals surface area contributed by atoms with E-state index in [9.17, 15) is 14.4 Å². The lowest BCUT2D eigenvalue weighted by Gasteiger charge is -2.31. The SMILES string of the molecule is O=C1CCC(N2Cc3cc(C4CCNC(c5ccccc5)C4)ccc3C2=O)C(=O)N1. The zero-order chi connectivity index (χ0) is 20.7. The van der Waals surface area contributed by atoms with Crippen molar-refractivity contribution in [2.75, 3.05) is 6.54 Å². The molecule has 3 amide bonds. The summed E-state index contributed by atoms with van der Waals surface area (Å²) in [7, 11) is 0. The number of rotatable bonds is 3. The summed E-state index contributed by atoms with van der Waals surface area (Å²) in [6, 6.07) is 16.4. The van der Waals surface area contributed by atoms with Crippen LogP contribution in [0.15, 0.2) is 48.5 Å². The maximum absolute atomic E-state index is 12.9. The second kappa shape index (κ2) is 7.69. The summed E-state index contributed by atoms with van der Waals surface area (Å²) in [6.07, 6.45) is 2.75. The lowest BCUT2D eigenvalue weighted by Crippen LogP contribution is -2.52. The van der Waals surface area contributed by atoms with Crippen LogP contribution in [0, 0.1) is 0 Å². The lowest BCUT2D eigenvalue weighted by atomic mass is 9.83. The largest absolute Gasteiger partial charge is 0.322 e. The first-order chi connectivity index (χ1) is 14.6. The zero-order valence-corrected chi connectivity index (χ0v) is 16.8. The van der Waals surface area contributed by atoms with E-state index in [1.54, 1.807) is 4.90 Å². The maximum Gasteiger partial charge on any atom is 0.255 e. The van der Waals surface area contributed by atoms with Gasteiger partial charge in [-0.1, -0.05) is 42.5 Å². The van der Waals surface area contributed by atoms with Gasteiger partial charge in [-0.3, -0.25) is 19.7 Å². The van der Waals surface area contributed by atoms with Crippen LogP contribution in [-0.2, 0) is 16.1 Å². The van der Waals surface area contributed by atoms with Crippen molar-refractivity contribution < 1.29 is 14.4 Å². The van der Waals surface area contributed by atoms with Gasteiger partial charge in [0.1, 0.15) is 6.04 Å². The second-order valence-corrected chi connectivity index (χ2v) is 8.46. The van der Waals surface area contributed by atoms with Crippen molar-refractivity contribution in [3.63, 3.8) is 0 Å². The summed E-state index contributed by atoms with van der Waals surface area (Å²) in [5, 5.41) is 5.98. The molecule has 3 aliphatic rings. The summed E-state index contributed by atoms with van der Waals surface area (Å²) in [5.41, 5.74) is 4.23. The van der Waals surface area contributed by atoms with Crippen LogP contribution in [0.3, 0.4) is 0 Å². The van der Waals surface area contributed by atoms with Crippen LogP contribution in [0.1, 0.15) is 64.7 Å². The molecule has 3 heterocycles. The highest BCUT2D eigenvalue weighted by Crippen LogP contribution is 2.36. The van der Waals surface area contributed by atoms with Gasteiger partial charge < -0.3 is 10.2 Å². The van der Waals surface area contributed by atoms with Crippen molar-refractivity contribution in [1.29, 1.82) is 0 Å². The van der Waals surface area contributed by atoms with E-state index >= 15 is 0 Å². The number of imide groups is 1. The van der Waals surface area contributed by atoms with Crippen molar-refractivity contribution >= 4 is 17.7 Å². The highest BCUT2D eigenvalue weighted by Gasteiger charge is 2.39. The van der Waals surface area contributed by atoms with Gasteiger partial charge in [-0.2, -0.15) is 0 Å². The van der Waals surface area contributed by atoms with Crippen LogP contribution < -0.4 is 10.6 Å². The van der Waals surface area contributed by atoms with Gasteiger partial charge in [0, 0.05) is 24.6 Å². The summed E-state index contributed by atoms with van der Waals surface area (Å²) in [4.78, 5) is 38.2. The lowest BCUT2D eigenvalue weighted by molar-refractivity contribution is -0.136. The number of hydrogen-bond donors (Lipinski definition) is 2.